The second-order valence-electron chi connectivity index (χ2n) is 7.84. The zero-order valence-electron chi connectivity index (χ0n) is 16.8. The first-order chi connectivity index (χ1) is 13.1. The number of nitrogens with one attached hydrogen (secondary N) is 1. The van der Waals surface area contributed by atoms with E-state index in [2.05, 4.69) is 47.2 Å². The van der Waals surface area contributed by atoms with Crippen LogP contribution in [0, 0.1) is 13.8 Å². The number of piperazine rings is 1. The summed E-state index contributed by atoms with van der Waals surface area (Å²) < 4.78 is 0. The fraction of sp³-hybridized carbons (Fsp3) is 0.667. The molecule has 27 heavy (non-hydrogen) atoms. The number of urea groups is 1. The van der Waals surface area contributed by atoms with E-state index in [1.807, 2.05) is 4.90 Å². The zero-order chi connectivity index (χ0) is 19.2. The highest BCUT2D eigenvalue weighted by Gasteiger charge is 2.28. The van der Waals surface area contributed by atoms with Crippen LogP contribution >= 0.6 is 0 Å². The number of hydrogen-bond acceptors (Lipinski definition) is 4. The number of likely N-dealkylation sites (tertiary alicyclic amines) is 1. The molecule has 0 bridgehead atoms. The van der Waals surface area contributed by atoms with Crippen molar-refractivity contribution in [3.05, 3.63) is 34.9 Å². The SMILES string of the molecule is Cc1cccc(CNC(=O)N2CCC(N3CCN(CCO)CC3)CC2)c1C. The van der Waals surface area contributed by atoms with E-state index in [1.165, 1.54) is 16.7 Å². The molecule has 0 atom stereocenters. The molecule has 2 aliphatic rings. The Labute approximate surface area is 163 Å². The second-order valence-corrected chi connectivity index (χ2v) is 7.84. The Morgan fingerprint density at radius 1 is 1.11 bits per heavy atom. The third-order valence-corrected chi connectivity index (χ3v) is 6.24. The van der Waals surface area contributed by atoms with Gasteiger partial charge in [0.1, 0.15) is 0 Å². The van der Waals surface area contributed by atoms with Crippen molar-refractivity contribution < 1.29 is 9.90 Å². The fourth-order valence-corrected chi connectivity index (χ4v) is 4.21. The zero-order valence-corrected chi connectivity index (χ0v) is 16.8. The van der Waals surface area contributed by atoms with Crippen LogP contribution in [0.5, 0.6) is 0 Å². The summed E-state index contributed by atoms with van der Waals surface area (Å²) in [7, 11) is 0. The molecule has 2 heterocycles. The van der Waals surface area contributed by atoms with Gasteiger partial charge in [-0.1, -0.05) is 18.2 Å². The smallest absolute Gasteiger partial charge is 0.317 e. The Morgan fingerprint density at radius 3 is 2.48 bits per heavy atom. The van der Waals surface area contributed by atoms with E-state index < -0.39 is 0 Å². The lowest BCUT2D eigenvalue weighted by Crippen LogP contribution is -2.54. The highest BCUT2D eigenvalue weighted by Crippen LogP contribution is 2.19. The molecule has 0 aliphatic carbocycles. The molecule has 150 valence electrons. The van der Waals surface area contributed by atoms with Crippen LogP contribution in [0.15, 0.2) is 18.2 Å². The summed E-state index contributed by atoms with van der Waals surface area (Å²) >= 11 is 0. The number of nitrogens with zero attached hydrogens (tertiary/aromatic N) is 3. The molecule has 2 saturated heterocycles. The normalized spacial score (nSPS) is 20.0. The predicted octanol–water partition coefficient (Wildman–Crippen LogP) is 1.59. The Hall–Kier alpha value is -1.63. The minimum Gasteiger partial charge on any atom is -0.395 e. The molecule has 0 radical (unpaired) electrons. The Morgan fingerprint density at radius 2 is 1.81 bits per heavy atom. The predicted molar refractivity (Wildman–Crippen MR) is 108 cm³/mol. The minimum atomic E-state index is 0.0575. The van der Waals surface area contributed by atoms with Gasteiger partial charge in [0.05, 0.1) is 6.61 Å². The van der Waals surface area contributed by atoms with Crippen molar-refractivity contribution in [1.82, 2.24) is 20.0 Å². The average molecular weight is 375 g/mol. The number of carbonyl (C=O) groups is 1. The number of hydrogen-bond donors (Lipinski definition) is 2. The summed E-state index contributed by atoms with van der Waals surface area (Å²) in [5, 5.41) is 12.2. The van der Waals surface area contributed by atoms with Crippen LogP contribution < -0.4 is 5.32 Å². The number of amides is 2. The van der Waals surface area contributed by atoms with Gasteiger partial charge in [-0.3, -0.25) is 9.80 Å². The Bertz CT molecular complexity index is 621. The molecule has 3 rings (SSSR count). The van der Waals surface area contributed by atoms with E-state index in [4.69, 9.17) is 5.11 Å². The number of β-amino-alcohol motifs (C(OH)–C–C–N with tert-alkyl or cyclic N) is 1. The van der Waals surface area contributed by atoms with Gasteiger partial charge in [-0.05, 0) is 43.4 Å². The van der Waals surface area contributed by atoms with Crippen LogP contribution in [-0.4, -0.2) is 84.3 Å². The van der Waals surface area contributed by atoms with E-state index in [0.29, 0.717) is 12.6 Å². The molecule has 6 nitrogen and oxygen atoms in total. The molecule has 2 N–H and O–H groups in total. The second kappa shape index (κ2) is 9.53. The summed E-state index contributed by atoms with van der Waals surface area (Å²) in [6.45, 7) is 11.7. The van der Waals surface area contributed by atoms with Gasteiger partial charge in [0, 0.05) is 58.4 Å². The molecule has 1 aromatic rings. The molecule has 2 amide bonds. The van der Waals surface area contributed by atoms with Crippen molar-refractivity contribution in [3.63, 3.8) is 0 Å². The Balaban J connectivity index is 1.41. The summed E-state index contributed by atoms with van der Waals surface area (Å²) in [4.78, 5) is 19.4. The molecule has 0 aromatic heterocycles. The number of piperidine rings is 1. The third kappa shape index (κ3) is 5.21. The van der Waals surface area contributed by atoms with Gasteiger partial charge in [0.2, 0.25) is 0 Å². The van der Waals surface area contributed by atoms with E-state index in [-0.39, 0.29) is 12.6 Å². The first-order valence-corrected chi connectivity index (χ1v) is 10.2. The standard InChI is InChI=1S/C21H34N4O2/c1-17-4-3-5-19(18(17)2)16-22-21(27)25-8-6-20(7-9-25)24-12-10-23(11-13-24)14-15-26/h3-5,20,26H,6-16H2,1-2H3,(H,22,27). The first kappa shape index (κ1) is 20.1. The molecule has 1 aromatic carbocycles. The number of benzene rings is 1. The topological polar surface area (TPSA) is 59.1 Å². The number of rotatable bonds is 5. The van der Waals surface area contributed by atoms with E-state index >= 15 is 0 Å². The molecule has 2 aliphatic heterocycles. The molecule has 0 saturated carbocycles. The monoisotopic (exact) mass is 374 g/mol. The molecule has 6 heteroatoms. The lowest BCUT2D eigenvalue weighted by molar-refractivity contribution is 0.0587. The maximum absolute atomic E-state index is 12.5. The molecule has 0 unspecified atom stereocenters. The van der Waals surface area contributed by atoms with Gasteiger partial charge in [0.15, 0.2) is 0 Å². The lowest BCUT2D eigenvalue weighted by Gasteiger charge is -2.42. The van der Waals surface area contributed by atoms with Crippen LogP contribution in [0.2, 0.25) is 0 Å². The number of carbonyl (C=O) groups excluding carboxylic acids is 1. The van der Waals surface area contributed by atoms with Crippen LogP contribution in [0.1, 0.15) is 29.5 Å². The first-order valence-electron chi connectivity index (χ1n) is 10.2. The van der Waals surface area contributed by atoms with Gasteiger partial charge >= 0.3 is 6.03 Å². The van der Waals surface area contributed by atoms with Crippen molar-refractivity contribution in [3.8, 4) is 0 Å². The summed E-state index contributed by atoms with van der Waals surface area (Å²) in [6, 6.07) is 6.89. The van der Waals surface area contributed by atoms with Gasteiger partial charge in [-0.15, -0.1) is 0 Å². The van der Waals surface area contributed by atoms with Crippen LogP contribution in [0.25, 0.3) is 0 Å². The van der Waals surface area contributed by atoms with E-state index in [9.17, 15) is 4.79 Å². The van der Waals surface area contributed by atoms with Crippen LogP contribution in [0.4, 0.5) is 4.79 Å². The highest BCUT2D eigenvalue weighted by atomic mass is 16.3. The van der Waals surface area contributed by atoms with Crippen molar-refractivity contribution in [2.75, 3.05) is 52.4 Å². The van der Waals surface area contributed by atoms with Crippen molar-refractivity contribution in [2.24, 2.45) is 0 Å². The number of aliphatic hydroxyl groups is 1. The molecular formula is C21H34N4O2. The summed E-state index contributed by atoms with van der Waals surface area (Å²) in [5.41, 5.74) is 3.72. The Kier molecular flexibility index (Phi) is 7.10. The summed E-state index contributed by atoms with van der Waals surface area (Å²) in [6.07, 6.45) is 2.10. The largest absolute Gasteiger partial charge is 0.395 e. The maximum Gasteiger partial charge on any atom is 0.317 e. The van der Waals surface area contributed by atoms with E-state index in [0.717, 1.165) is 58.7 Å². The van der Waals surface area contributed by atoms with Gasteiger partial charge in [0.25, 0.3) is 0 Å². The average Bonchev–Trinajstić information content (AvgIpc) is 2.70. The van der Waals surface area contributed by atoms with Gasteiger partial charge < -0.3 is 15.3 Å². The van der Waals surface area contributed by atoms with Crippen LogP contribution in [0.3, 0.4) is 0 Å². The van der Waals surface area contributed by atoms with Gasteiger partial charge in [-0.25, -0.2) is 4.79 Å². The molecule has 0 spiro atoms. The minimum absolute atomic E-state index is 0.0575. The summed E-state index contributed by atoms with van der Waals surface area (Å²) in [5.74, 6) is 0. The van der Waals surface area contributed by atoms with Crippen molar-refractivity contribution >= 4 is 6.03 Å². The number of aliphatic hydroxyl groups excluding tert-OH is 1. The van der Waals surface area contributed by atoms with E-state index in [1.54, 1.807) is 0 Å². The molecular weight excluding hydrogens is 340 g/mol. The van der Waals surface area contributed by atoms with Crippen LogP contribution in [-0.2, 0) is 6.54 Å². The quantitative estimate of drug-likeness (QED) is 0.822. The highest BCUT2D eigenvalue weighted by molar-refractivity contribution is 5.74. The van der Waals surface area contributed by atoms with Crippen molar-refractivity contribution in [1.29, 1.82) is 0 Å². The number of aryl methyl sites for hydroxylation is 1. The van der Waals surface area contributed by atoms with Crippen molar-refractivity contribution in [2.45, 2.75) is 39.3 Å². The lowest BCUT2D eigenvalue weighted by atomic mass is 10.0. The third-order valence-electron chi connectivity index (χ3n) is 6.24. The van der Waals surface area contributed by atoms with Gasteiger partial charge in [-0.2, -0.15) is 0 Å². The fourth-order valence-electron chi connectivity index (χ4n) is 4.21. The maximum atomic E-state index is 12.5. The molecule has 2 fully saturated rings.